The molecule has 1 aromatic heterocycles. The minimum absolute atomic E-state index is 0.0476. The van der Waals surface area contributed by atoms with Crippen molar-refractivity contribution in [3.63, 3.8) is 0 Å². The molecular formula is C20H28O5. The fourth-order valence-electron chi connectivity index (χ4n) is 2.26. The van der Waals surface area contributed by atoms with Crippen molar-refractivity contribution in [1.82, 2.24) is 0 Å². The van der Waals surface area contributed by atoms with Gasteiger partial charge >= 0.3 is 11.9 Å². The summed E-state index contributed by atoms with van der Waals surface area (Å²) in [6, 6.07) is 3.44. The molecule has 0 spiro atoms. The van der Waals surface area contributed by atoms with E-state index in [1.165, 1.54) is 6.26 Å². The van der Waals surface area contributed by atoms with E-state index in [0.717, 1.165) is 0 Å². The molecule has 0 saturated heterocycles. The standard InChI is InChI=1S/C20H28O5/c1-6-23-17(21)20(18(22)24-7-2,15-16-11-10-14-25-16)13-9-8-12-19(3,4)5/h9-12,14H,6-7,13,15H2,1-5H3. The molecule has 0 aromatic carbocycles. The first-order valence-corrected chi connectivity index (χ1v) is 8.54. The van der Waals surface area contributed by atoms with E-state index in [1.54, 1.807) is 32.1 Å². The number of rotatable bonds is 8. The summed E-state index contributed by atoms with van der Waals surface area (Å²) in [6.07, 6.45) is 5.28. The molecule has 0 atom stereocenters. The van der Waals surface area contributed by atoms with Crippen molar-refractivity contribution >= 4 is 11.9 Å². The zero-order chi connectivity index (χ0) is 18.9. The highest BCUT2D eigenvalue weighted by molar-refractivity contribution is 6.00. The Morgan fingerprint density at radius 1 is 1.16 bits per heavy atom. The minimum atomic E-state index is -1.48. The van der Waals surface area contributed by atoms with Gasteiger partial charge in [-0.25, -0.2) is 0 Å². The van der Waals surface area contributed by atoms with Crippen molar-refractivity contribution in [2.24, 2.45) is 10.8 Å². The van der Waals surface area contributed by atoms with Crippen LogP contribution in [0.25, 0.3) is 0 Å². The molecule has 0 fully saturated rings. The first-order chi connectivity index (χ1) is 11.7. The van der Waals surface area contributed by atoms with Crippen LogP contribution in [0.4, 0.5) is 0 Å². The van der Waals surface area contributed by atoms with Gasteiger partial charge in [-0.2, -0.15) is 0 Å². The second-order valence-electron chi connectivity index (χ2n) is 6.86. The first-order valence-electron chi connectivity index (χ1n) is 8.54. The molecule has 1 heterocycles. The lowest BCUT2D eigenvalue weighted by Gasteiger charge is -2.27. The molecule has 5 nitrogen and oxygen atoms in total. The first kappa shape index (κ1) is 20.8. The van der Waals surface area contributed by atoms with Gasteiger partial charge in [0.2, 0.25) is 0 Å². The lowest BCUT2D eigenvalue weighted by molar-refractivity contribution is -0.172. The van der Waals surface area contributed by atoms with Crippen LogP contribution in [0.5, 0.6) is 0 Å². The van der Waals surface area contributed by atoms with E-state index in [9.17, 15) is 9.59 Å². The van der Waals surface area contributed by atoms with Gasteiger partial charge in [-0.15, -0.1) is 5.73 Å². The summed E-state index contributed by atoms with van der Waals surface area (Å²) < 4.78 is 15.7. The maximum atomic E-state index is 12.7. The molecule has 25 heavy (non-hydrogen) atoms. The second-order valence-corrected chi connectivity index (χ2v) is 6.86. The molecule has 5 heteroatoms. The maximum absolute atomic E-state index is 12.7. The monoisotopic (exact) mass is 348 g/mol. The van der Waals surface area contributed by atoms with Crippen LogP contribution < -0.4 is 0 Å². The Morgan fingerprint density at radius 2 is 1.76 bits per heavy atom. The molecule has 1 rings (SSSR count). The SMILES string of the molecule is CCOC(=O)C(CC=C=CC(C)(C)C)(Cc1ccco1)C(=O)OCC. The van der Waals surface area contributed by atoms with E-state index in [2.05, 4.69) is 5.73 Å². The van der Waals surface area contributed by atoms with Gasteiger partial charge in [0.15, 0.2) is 5.41 Å². The van der Waals surface area contributed by atoms with Gasteiger partial charge in [0, 0.05) is 12.8 Å². The molecule has 1 aromatic rings. The Bertz CT molecular complexity index is 595. The molecule has 0 unspecified atom stereocenters. The van der Waals surface area contributed by atoms with Gasteiger partial charge in [-0.1, -0.05) is 20.8 Å². The van der Waals surface area contributed by atoms with Gasteiger partial charge in [0.25, 0.3) is 0 Å². The van der Waals surface area contributed by atoms with E-state index >= 15 is 0 Å². The third kappa shape index (κ3) is 6.28. The van der Waals surface area contributed by atoms with Gasteiger partial charge in [0.05, 0.1) is 19.5 Å². The molecule has 0 N–H and O–H groups in total. The normalized spacial score (nSPS) is 11.4. The number of hydrogen-bond acceptors (Lipinski definition) is 5. The molecule has 0 saturated carbocycles. The summed E-state index contributed by atoms with van der Waals surface area (Å²) in [5.41, 5.74) is 1.53. The zero-order valence-corrected chi connectivity index (χ0v) is 15.8. The van der Waals surface area contributed by atoms with E-state index in [1.807, 2.05) is 26.8 Å². The van der Waals surface area contributed by atoms with E-state index in [-0.39, 0.29) is 31.5 Å². The zero-order valence-electron chi connectivity index (χ0n) is 15.8. The van der Waals surface area contributed by atoms with E-state index < -0.39 is 17.4 Å². The van der Waals surface area contributed by atoms with Crippen LogP contribution in [0.15, 0.2) is 40.7 Å². The Kier molecular flexibility index (Phi) is 7.72. The summed E-state index contributed by atoms with van der Waals surface area (Å²) in [5, 5.41) is 0. The number of carbonyl (C=O) groups is 2. The fraction of sp³-hybridized carbons (Fsp3) is 0.550. The van der Waals surface area contributed by atoms with Gasteiger partial charge in [0.1, 0.15) is 5.76 Å². The number of esters is 2. The molecule has 0 aliphatic heterocycles. The van der Waals surface area contributed by atoms with Crippen LogP contribution in [0.1, 0.15) is 46.8 Å². The average molecular weight is 348 g/mol. The molecule has 138 valence electrons. The van der Waals surface area contributed by atoms with E-state index in [4.69, 9.17) is 13.9 Å². The van der Waals surface area contributed by atoms with E-state index in [0.29, 0.717) is 5.76 Å². The Morgan fingerprint density at radius 3 is 2.20 bits per heavy atom. The van der Waals surface area contributed by atoms with Crippen LogP contribution in [-0.2, 0) is 25.5 Å². The average Bonchev–Trinajstić information content (AvgIpc) is 3.02. The predicted octanol–water partition coefficient (Wildman–Crippen LogP) is 4.08. The third-order valence-electron chi connectivity index (χ3n) is 3.47. The van der Waals surface area contributed by atoms with Crippen molar-refractivity contribution in [2.75, 3.05) is 13.2 Å². The second kappa shape index (κ2) is 9.28. The van der Waals surface area contributed by atoms with Crippen molar-refractivity contribution in [3.05, 3.63) is 42.0 Å². The highest BCUT2D eigenvalue weighted by Crippen LogP contribution is 2.32. The van der Waals surface area contributed by atoms with Crippen molar-refractivity contribution in [3.8, 4) is 0 Å². The quantitative estimate of drug-likeness (QED) is 0.402. The lowest BCUT2D eigenvalue weighted by atomic mass is 9.80. The van der Waals surface area contributed by atoms with Crippen molar-refractivity contribution in [1.29, 1.82) is 0 Å². The van der Waals surface area contributed by atoms with Crippen LogP contribution in [0, 0.1) is 10.8 Å². The van der Waals surface area contributed by atoms with Crippen LogP contribution >= 0.6 is 0 Å². The summed E-state index contributed by atoms with van der Waals surface area (Å²) in [6.45, 7) is 9.90. The highest BCUT2D eigenvalue weighted by Gasteiger charge is 2.49. The van der Waals surface area contributed by atoms with Gasteiger partial charge < -0.3 is 13.9 Å². The minimum Gasteiger partial charge on any atom is -0.469 e. The van der Waals surface area contributed by atoms with Crippen LogP contribution in [-0.4, -0.2) is 25.2 Å². The molecule has 0 aliphatic rings. The molecule has 0 aliphatic carbocycles. The summed E-state index contributed by atoms with van der Waals surface area (Å²) in [7, 11) is 0. The summed E-state index contributed by atoms with van der Waals surface area (Å²) >= 11 is 0. The van der Waals surface area contributed by atoms with Crippen LogP contribution in [0.2, 0.25) is 0 Å². The maximum Gasteiger partial charge on any atom is 0.324 e. The largest absolute Gasteiger partial charge is 0.469 e. The Hall–Kier alpha value is -2.26. The van der Waals surface area contributed by atoms with Crippen LogP contribution in [0.3, 0.4) is 0 Å². The van der Waals surface area contributed by atoms with Crippen molar-refractivity contribution in [2.45, 2.75) is 47.5 Å². The number of ether oxygens (including phenoxy) is 2. The fourth-order valence-corrected chi connectivity index (χ4v) is 2.26. The smallest absolute Gasteiger partial charge is 0.324 e. The summed E-state index contributed by atoms with van der Waals surface area (Å²) in [4.78, 5) is 25.4. The summed E-state index contributed by atoms with van der Waals surface area (Å²) in [5.74, 6) is -0.702. The number of hydrogen-bond donors (Lipinski definition) is 0. The topological polar surface area (TPSA) is 65.7 Å². The molecule has 0 amide bonds. The lowest BCUT2D eigenvalue weighted by Crippen LogP contribution is -2.43. The Labute approximate surface area is 149 Å². The van der Waals surface area contributed by atoms with Gasteiger partial charge in [-0.3, -0.25) is 9.59 Å². The number of furan rings is 1. The molecule has 0 radical (unpaired) electrons. The third-order valence-corrected chi connectivity index (χ3v) is 3.47. The van der Waals surface area contributed by atoms with Gasteiger partial charge in [-0.05, 0) is 43.5 Å². The predicted molar refractivity (Wildman–Crippen MR) is 94.8 cm³/mol. The Balaban J connectivity index is 3.25. The van der Waals surface area contributed by atoms with Crippen molar-refractivity contribution < 1.29 is 23.5 Å². The number of carbonyl (C=O) groups excluding carboxylic acids is 2. The number of allylic oxidation sites excluding steroid dienone is 1. The molecule has 0 bridgehead atoms. The highest BCUT2D eigenvalue weighted by atomic mass is 16.6. The molecular weight excluding hydrogens is 320 g/mol.